The van der Waals surface area contributed by atoms with E-state index in [2.05, 4.69) is 65.5 Å². The standard InChI is InChI=1S/C42H45N13O3/c1-2-35-50-52-55(51-35)34-21-33(37(56)38(34)57)54-25-46-36-39(44-23-31(26-11-5-3-6-12-26)27-13-7-4-8-14-27)48-41(49-40(36)54)53-20-18-29(24-53)47-42(58)45-22-28-17-19-43-32-16-10-9-15-30(28)32/h3-17,19,25,29,31,33-34,37-38,56-57H,2,18,20-24H2,1H3,(H,44,48,49)(H2,45,47,58)/t29-,33-,34+,37+,38-/m1/s1. The number of imidazole rings is 1. The third-order valence-electron chi connectivity index (χ3n) is 11.3. The number of fused-ring (bicyclic) bond motifs is 2. The van der Waals surface area contributed by atoms with Crippen molar-refractivity contribution < 1.29 is 15.0 Å². The monoisotopic (exact) mass is 779 g/mol. The van der Waals surface area contributed by atoms with Gasteiger partial charge in [0.15, 0.2) is 22.8 Å². The molecule has 16 heteroatoms. The number of aliphatic hydroxyl groups is 2. The van der Waals surface area contributed by atoms with Crippen molar-refractivity contribution in [3.05, 3.63) is 126 Å². The highest BCUT2D eigenvalue weighted by molar-refractivity contribution is 5.85. The van der Waals surface area contributed by atoms with Crippen LogP contribution in [0.15, 0.2) is 104 Å². The van der Waals surface area contributed by atoms with Gasteiger partial charge in [0.1, 0.15) is 18.2 Å². The molecule has 2 fully saturated rings. The number of nitrogens with one attached hydrogen (secondary N) is 3. The van der Waals surface area contributed by atoms with E-state index in [9.17, 15) is 15.0 Å². The van der Waals surface area contributed by atoms with E-state index >= 15 is 0 Å². The number of anilines is 2. The molecule has 0 spiro atoms. The van der Waals surface area contributed by atoms with Crippen LogP contribution < -0.4 is 20.9 Å². The number of rotatable bonds is 12. The summed E-state index contributed by atoms with van der Waals surface area (Å²) in [6.07, 6.45) is 2.76. The molecule has 5 atom stereocenters. The number of amides is 2. The van der Waals surface area contributed by atoms with E-state index in [1.807, 2.05) is 78.2 Å². The van der Waals surface area contributed by atoms with Crippen molar-refractivity contribution in [3.63, 3.8) is 0 Å². The van der Waals surface area contributed by atoms with Crippen LogP contribution in [0.25, 0.3) is 22.1 Å². The molecule has 1 saturated heterocycles. The SMILES string of the molecule is CCc1nnn([C@H]2C[C@@H](n3cnc4c(NCC(c5ccccc5)c5ccccc5)nc(N5CC[C@@H](NC(=O)NCc6ccnc7ccccc67)C5)nc43)[C@H](O)[C@@H]2O)n1. The zero-order valence-electron chi connectivity index (χ0n) is 32.0. The molecule has 0 bridgehead atoms. The fourth-order valence-electron chi connectivity index (χ4n) is 8.22. The van der Waals surface area contributed by atoms with Crippen LogP contribution in [0.5, 0.6) is 0 Å². The lowest BCUT2D eigenvalue weighted by atomic mass is 9.91. The predicted molar refractivity (Wildman–Crippen MR) is 218 cm³/mol. The van der Waals surface area contributed by atoms with E-state index in [0.29, 0.717) is 74.2 Å². The van der Waals surface area contributed by atoms with Crippen molar-refractivity contribution in [3.8, 4) is 0 Å². The molecule has 1 aliphatic carbocycles. The van der Waals surface area contributed by atoms with Gasteiger partial charge >= 0.3 is 6.03 Å². The van der Waals surface area contributed by atoms with E-state index in [-0.39, 0.29) is 18.0 Å². The highest BCUT2D eigenvalue weighted by Gasteiger charge is 2.45. The van der Waals surface area contributed by atoms with Crippen LogP contribution >= 0.6 is 0 Å². The number of hydrogen-bond acceptors (Lipinski definition) is 12. The van der Waals surface area contributed by atoms with Crippen molar-refractivity contribution in [2.75, 3.05) is 29.9 Å². The highest BCUT2D eigenvalue weighted by atomic mass is 16.3. The van der Waals surface area contributed by atoms with Crippen molar-refractivity contribution >= 4 is 39.9 Å². The molecular weight excluding hydrogens is 735 g/mol. The van der Waals surface area contributed by atoms with Gasteiger partial charge in [0.25, 0.3) is 0 Å². The summed E-state index contributed by atoms with van der Waals surface area (Å²) in [4.78, 5) is 36.0. The van der Waals surface area contributed by atoms with Crippen LogP contribution in [0.4, 0.5) is 16.6 Å². The fourth-order valence-corrected chi connectivity index (χ4v) is 8.22. The second kappa shape index (κ2) is 16.1. The average molecular weight is 780 g/mol. The number of para-hydroxylation sites is 1. The molecule has 5 N–H and O–H groups in total. The number of tetrazole rings is 1. The minimum Gasteiger partial charge on any atom is -0.388 e. The van der Waals surface area contributed by atoms with Gasteiger partial charge in [-0.25, -0.2) is 9.78 Å². The predicted octanol–water partition coefficient (Wildman–Crippen LogP) is 4.15. The van der Waals surface area contributed by atoms with E-state index in [1.54, 1.807) is 12.5 Å². The molecule has 296 valence electrons. The maximum Gasteiger partial charge on any atom is 0.315 e. The normalized spacial score (nSPS) is 20.6. The maximum atomic E-state index is 13.2. The summed E-state index contributed by atoms with van der Waals surface area (Å²) in [5, 5.41) is 46.1. The van der Waals surface area contributed by atoms with E-state index in [0.717, 1.165) is 27.6 Å². The molecule has 16 nitrogen and oxygen atoms in total. The first-order valence-corrected chi connectivity index (χ1v) is 19.8. The second-order valence-electron chi connectivity index (χ2n) is 14.9. The smallest absolute Gasteiger partial charge is 0.315 e. The molecule has 1 aliphatic heterocycles. The van der Waals surface area contributed by atoms with Gasteiger partial charge in [-0.3, -0.25) is 4.98 Å². The molecule has 5 heterocycles. The first-order chi connectivity index (χ1) is 28.4. The Morgan fingerprint density at radius 3 is 2.40 bits per heavy atom. The Kier molecular flexibility index (Phi) is 10.3. The lowest BCUT2D eigenvalue weighted by Crippen LogP contribution is -2.43. The van der Waals surface area contributed by atoms with E-state index < -0.39 is 24.3 Å². The van der Waals surface area contributed by atoms with E-state index in [1.165, 1.54) is 4.80 Å². The number of pyridine rings is 1. The van der Waals surface area contributed by atoms with Gasteiger partial charge in [-0.05, 0) is 46.9 Å². The first-order valence-electron chi connectivity index (χ1n) is 19.8. The van der Waals surface area contributed by atoms with Crippen LogP contribution in [-0.4, -0.2) is 98.8 Å². The minimum atomic E-state index is -1.14. The Morgan fingerprint density at radius 1 is 0.897 bits per heavy atom. The number of carbonyl (C=O) groups excluding carboxylic acids is 1. The summed E-state index contributed by atoms with van der Waals surface area (Å²) in [6.45, 7) is 3.93. The Hall–Kier alpha value is -6.52. The Bertz CT molecular complexity index is 2470. The van der Waals surface area contributed by atoms with Crippen LogP contribution in [0, 0.1) is 0 Å². The van der Waals surface area contributed by atoms with Crippen molar-refractivity contribution in [2.24, 2.45) is 0 Å². The summed E-state index contributed by atoms with van der Waals surface area (Å²) in [6, 6.07) is 28.9. The topological polar surface area (TPSA) is 197 Å². The molecule has 7 aromatic rings. The first kappa shape index (κ1) is 37.1. The molecule has 9 rings (SSSR count). The molecule has 0 radical (unpaired) electrons. The number of carbonyl (C=O) groups is 1. The number of aliphatic hydroxyl groups excluding tert-OH is 2. The Labute approximate surface area is 334 Å². The third kappa shape index (κ3) is 7.39. The van der Waals surface area contributed by atoms with Crippen LogP contribution in [0.3, 0.4) is 0 Å². The maximum absolute atomic E-state index is 13.2. The summed E-state index contributed by atoms with van der Waals surface area (Å²) in [5.74, 6) is 1.59. The van der Waals surface area contributed by atoms with Gasteiger partial charge in [-0.2, -0.15) is 14.8 Å². The van der Waals surface area contributed by atoms with Crippen molar-refractivity contribution in [1.82, 2.24) is 55.3 Å². The lowest BCUT2D eigenvalue weighted by Gasteiger charge is -2.22. The number of benzene rings is 3. The average Bonchev–Trinajstić information content (AvgIpc) is 4.08. The fraction of sp³-hybridized carbons (Fsp3) is 0.333. The Morgan fingerprint density at radius 2 is 1.64 bits per heavy atom. The zero-order chi connectivity index (χ0) is 39.6. The molecule has 2 amide bonds. The van der Waals surface area contributed by atoms with E-state index in [4.69, 9.17) is 15.0 Å². The number of aryl methyl sites for hydroxylation is 1. The second-order valence-corrected chi connectivity index (χ2v) is 14.9. The van der Waals surface area contributed by atoms with Crippen LogP contribution in [-0.2, 0) is 13.0 Å². The number of hydrogen-bond donors (Lipinski definition) is 5. The van der Waals surface area contributed by atoms with Crippen molar-refractivity contribution in [2.45, 2.75) is 69.0 Å². The molecule has 2 aliphatic rings. The molecular formula is C42H45N13O3. The zero-order valence-corrected chi connectivity index (χ0v) is 32.0. The summed E-state index contributed by atoms with van der Waals surface area (Å²) in [7, 11) is 0. The lowest BCUT2D eigenvalue weighted by molar-refractivity contribution is 0.00473. The van der Waals surface area contributed by atoms with Gasteiger partial charge in [-0.1, -0.05) is 85.8 Å². The number of nitrogens with zero attached hydrogens (tertiary/aromatic N) is 10. The molecule has 58 heavy (non-hydrogen) atoms. The molecule has 3 aromatic carbocycles. The Balaban J connectivity index is 0.985. The van der Waals surface area contributed by atoms with Gasteiger partial charge in [0.05, 0.1) is 17.9 Å². The number of urea groups is 1. The van der Waals surface area contributed by atoms with Crippen LogP contribution in [0.2, 0.25) is 0 Å². The van der Waals surface area contributed by atoms with Crippen LogP contribution in [0.1, 0.15) is 60.3 Å². The molecule has 1 saturated carbocycles. The molecule has 4 aromatic heterocycles. The largest absolute Gasteiger partial charge is 0.388 e. The van der Waals surface area contributed by atoms with Gasteiger partial charge in [-0.15, -0.1) is 10.2 Å². The van der Waals surface area contributed by atoms with Crippen molar-refractivity contribution in [1.29, 1.82) is 0 Å². The van der Waals surface area contributed by atoms with Gasteiger partial charge in [0.2, 0.25) is 5.95 Å². The third-order valence-corrected chi connectivity index (χ3v) is 11.3. The summed E-state index contributed by atoms with van der Waals surface area (Å²) in [5.41, 5.74) is 5.24. The summed E-state index contributed by atoms with van der Waals surface area (Å²) >= 11 is 0. The quantitative estimate of drug-likeness (QED) is 0.119. The van der Waals surface area contributed by atoms with Gasteiger partial charge in [0, 0.05) is 56.1 Å². The van der Waals surface area contributed by atoms with Gasteiger partial charge < -0.3 is 35.6 Å². The highest BCUT2D eigenvalue weighted by Crippen LogP contribution is 2.40. The minimum absolute atomic E-state index is 0.0118. The molecule has 0 unspecified atom stereocenters. The number of aromatic nitrogens is 9. The summed E-state index contributed by atoms with van der Waals surface area (Å²) < 4.78 is 1.82.